The maximum absolute atomic E-state index is 12.0. The van der Waals surface area contributed by atoms with Crippen LogP contribution in [0.2, 0.25) is 0 Å². The maximum atomic E-state index is 12.0. The lowest BCUT2D eigenvalue weighted by molar-refractivity contribution is -0.384. The second-order valence-corrected chi connectivity index (χ2v) is 7.75. The van der Waals surface area contributed by atoms with Crippen LogP contribution in [0.3, 0.4) is 0 Å². The van der Waals surface area contributed by atoms with Crippen molar-refractivity contribution < 1.29 is 4.92 Å². The van der Waals surface area contributed by atoms with Crippen LogP contribution in [-0.4, -0.2) is 31.2 Å². The van der Waals surface area contributed by atoms with Gasteiger partial charge in [0.2, 0.25) is 5.95 Å². The van der Waals surface area contributed by atoms with Crippen LogP contribution in [0.1, 0.15) is 11.1 Å². The van der Waals surface area contributed by atoms with Gasteiger partial charge in [0.1, 0.15) is 4.32 Å². The zero-order chi connectivity index (χ0) is 20.3. The van der Waals surface area contributed by atoms with Gasteiger partial charge in [-0.25, -0.2) is 4.98 Å². The standard InChI is InChI=1S/C18H17N5O3S2/c1-22(18(27)28-10-11-2-5-13(6-3-11)23(25)26)9-12-4-7-15-14(8-12)16(24)21-17(19)20-15/h2-8H,9-10H2,1H3,(H3,19,20,21,24). The van der Waals surface area contributed by atoms with E-state index in [-0.39, 0.29) is 17.2 Å². The summed E-state index contributed by atoms with van der Waals surface area (Å²) in [5, 5.41) is 11.2. The third kappa shape index (κ3) is 4.65. The number of non-ortho nitro benzene ring substituents is 1. The highest BCUT2D eigenvalue weighted by Gasteiger charge is 2.10. The van der Waals surface area contributed by atoms with E-state index in [1.165, 1.54) is 23.9 Å². The van der Waals surface area contributed by atoms with Gasteiger partial charge in [-0.1, -0.05) is 42.2 Å². The molecule has 0 aliphatic heterocycles. The summed E-state index contributed by atoms with van der Waals surface area (Å²) in [4.78, 5) is 30.8. The number of nitro groups is 1. The number of nitrogens with one attached hydrogen (secondary N) is 1. The van der Waals surface area contributed by atoms with Gasteiger partial charge in [0.25, 0.3) is 11.2 Å². The molecule has 8 nitrogen and oxygen atoms in total. The van der Waals surface area contributed by atoms with Crippen LogP contribution in [0.4, 0.5) is 11.6 Å². The van der Waals surface area contributed by atoms with E-state index in [4.69, 9.17) is 18.0 Å². The summed E-state index contributed by atoms with van der Waals surface area (Å²) < 4.78 is 0.683. The van der Waals surface area contributed by atoms with E-state index in [2.05, 4.69) is 9.97 Å². The van der Waals surface area contributed by atoms with Crippen LogP contribution >= 0.6 is 24.0 Å². The van der Waals surface area contributed by atoms with Gasteiger partial charge in [-0.3, -0.25) is 19.9 Å². The van der Waals surface area contributed by atoms with E-state index in [1.807, 2.05) is 18.0 Å². The highest BCUT2D eigenvalue weighted by atomic mass is 32.2. The van der Waals surface area contributed by atoms with Gasteiger partial charge in [0.15, 0.2) is 0 Å². The minimum atomic E-state index is -0.423. The average Bonchev–Trinajstić information content (AvgIpc) is 2.66. The first-order valence-electron chi connectivity index (χ1n) is 8.23. The molecule has 0 bridgehead atoms. The summed E-state index contributed by atoms with van der Waals surface area (Å²) in [5.41, 5.74) is 7.77. The van der Waals surface area contributed by atoms with Crippen LogP contribution < -0.4 is 11.3 Å². The highest BCUT2D eigenvalue weighted by Crippen LogP contribution is 2.20. The molecule has 0 unspecified atom stereocenters. The summed E-state index contributed by atoms with van der Waals surface area (Å²) in [7, 11) is 1.88. The molecule has 0 spiro atoms. The van der Waals surface area contributed by atoms with Crippen LogP contribution in [0.25, 0.3) is 10.9 Å². The van der Waals surface area contributed by atoms with Gasteiger partial charge in [0.05, 0.1) is 15.8 Å². The molecule has 28 heavy (non-hydrogen) atoms. The van der Waals surface area contributed by atoms with Crippen LogP contribution in [0.15, 0.2) is 47.3 Å². The number of thiocarbonyl (C=S) groups is 1. The van der Waals surface area contributed by atoms with Gasteiger partial charge >= 0.3 is 0 Å². The van der Waals surface area contributed by atoms with Gasteiger partial charge < -0.3 is 10.6 Å². The molecule has 0 aliphatic rings. The number of nitrogens with two attached hydrogens (primary N) is 1. The van der Waals surface area contributed by atoms with E-state index in [0.29, 0.717) is 27.5 Å². The Kier molecular flexibility index (Phi) is 5.90. The fourth-order valence-electron chi connectivity index (χ4n) is 2.61. The van der Waals surface area contributed by atoms with Crippen LogP contribution in [-0.2, 0) is 12.3 Å². The van der Waals surface area contributed by atoms with E-state index in [1.54, 1.807) is 24.3 Å². The van der Waals surface area contributed by atoms with Crippen molar-refractivity contribution >= 4 is 50.8 Å². The lowest BCUT2D eigenvalue weighted by atomic mass is 10.1. The molecular formula is C18H17N5O3S2. The Morgan fingerprint density at radius 2 is 1.96 bits per heavy atom. The molecule has 0 radical (unpaired) electrons. The largest absolute Gasteiger partial charge is 0.369 e. The Labute approximate surface area is 169 Å². The van der Waals surface area contributed by atoms with Gasteiger partial charge in [-0.15, -0.1) is 0 Å². The zero-order valence-corrected chi connectivity index (χ0v) is 16.5. The summed E-state index contributed by atoms with van der Waals surface area (Å²) in [6, 6.07) is 11.8. The van der Waals surface area contributed by atoms with Crippen molar-refractivity contribution in [3.63, 3.8) is 0 Å². The van der Waals surface area contributed by atoms with Crippen molar-refractivity contribution in [3.05, 3.63) is 74.1 Å². The maximum Gasteiger partial charge on any atom is 0.269 e. The molecule has 3 rings (SSSR count). The monoisotopic (exact) mass is 415 g/mol. The number of aromatic nitrogens is 2. The van der Waals surface area contributed by atoms with Crippen molar-refractivity contribution in [2.24, 2.45) is 0 Å². The second-order valence-electron chi connectivity index (χ2n) is 6.14. The Balaban J connectivity index is 1.63. The molecule has 0 amide bonds. The number of H-pyrrole nitrogens is 1. The van der Waals surface area contributed by atoms with Crippen LogP contribution in [0, 0.1) is 10.1 Å². The number of nitrogens with zero attached hydrogens (tertiary/aromatic N) is 3. The fourth-order valence-corrected chi connectivity index (χ4v) is 3.62. The third-order valence-corrected chi connectivity index (χ3v) is 5.73. The van der Waals surface area contributed by atoms with E-state index in [0.717, 1.165) is 11.1 Å². The first kappa shape index (κ1) is 19.8. The molecule has 0 saturated carbocycles. The van der Waals surface area contributed by atoms with Gasteiger partial charge in [-0.2, -0.15) is 0 Å². The molecule has 144 valence electrons. The molecule has 2 aromatic carbocycles. The Morgan fingerprint density at radius 1 is 1.29 bits per heavy atom. The minimum absolute atomic E-state index is 0.0657. The summed E-state index contributed by atoms with van der Waals surface area (Å²) >= 11 is 6.94. The van der Waals surface area contributed by atoms with Crippen molar-refractivity contribution in [1.82, 2.24) is 14.9 Å². The van der Waals surface area contributed by atoms with E-state index in [9.17, 15) is 14.9 Å². The van der Waals surface area contributed by atoms with Gasteiger partial charge in [0, 0.05) is 31.5 Å². The lowest BCUT2D eigenvalue weighted by Crippen LogP contribution is -2.22. The molecule has 3 aromatic rings. The third-order valence-electron chi connectivity index (χ3n) is 4.03. The van der Waals surface area contributed by atoms with E-state index >= 15 is 0 Å². The number of fused-ring (bicyclic) bond motifs is 1. The number of nitrogen functional groups attached to an aromatic ring is 1. The Hall–Kier alpha value is -2.98. The van der Waals surface area contributed by atoms with Crippen molar-refractivity contribution in [2.75, 3.05) is 12.8 Å². The molecule has 0 atom stereocenters. The summed E-state index contributed by atoms with van der Waals surface area (Å²) in [6.45, 7) is 0.534. The number of hydrogen-bond acceptors (Lipinski definition) is 7. The summed E-state index contributed by atoms with van der Waals surface area (Å²) in [6.07, 6.45) is 0. The number of nitro benzene ring substituents is 1. The highest BCUT2D eigenvalue weighted by molar-refractivity contribution is 8.22. The number of benzene rings is 2. The quantitative estimate of drug-likeness (QED) is 0.371. The van der Waals surface area contributed by atoms with E-state index < -0.39 is 4.92 Å². The number of hydrogen-bond donors (Lipinski definition) is 2. The predicted octanol–water partition coefficient (Wildman–Crippen LogP) is 3.06. The van der Waals surface area contributed by atoms with Crippen molar-refractivity contribution in [2.45, 2.75) is 12.3 Å². The molecule has 3 N–H and O–H groups in total. The molecule has 10 heteroatoms. The topological polar surface area (TPSA) is 118 Å². The van der Waals surface area contributed by atoms with Crippen molar-refractivity contribution in [3.8, 4) is 0 Å². The molecular weight excluding hydrogens is 398 g/mol. The average molecular weight is 416 g/mol. The lowest BCUT2D eigenvalue weighted by Gasteiger charge is -2.19. The molecule has 0 aliphatic carbocycles. The van der Waals surface area contributed by atoms with Gasteiger partial charge in [-0.05, 0) is 23.3 Å². The molecule has 1 aromatic heterocycles. The van der Waals surface area contributed by atoms with Crippen molar-refractivity contribution in [1.29, 1.82) is 0 Å². The Bertz CT molecular complexity index is 1100. The number of thioether (sulfide) groups is 1. The molecule has 1 heterocycles. The SMILES string of the molecule is CN(Cc1ccc2nc(N)[nH]c(=O)c2c1)C(=S)SCc1ccc([N+](=O)[O-])cc1. The molecule has 0 saturated heterocycles. The normalized spacial score (nSPS) is 10.8. The minimum Gasteiger partial charge on any atom is -0.369 e. The number of aromatic amines is 1. The zero-order valence-electron chi connectivity index (χ0n) is 14.9. The molecule has 0 fully saturated rings. The number of rotatable bonds is 5. The fraction of sp³-hybridized carbons (Fsp3) is 0.167. The van der Waals surface area contributed by atoms with Crippen LogP contribution in [0.5, 0.6) is 0 Å². The smallest absolute Gasteiger partial charge is 0.269 e. The first-order valence-corrected chi connectivity index (χ1v) is 9.62. The first-order chi connectivity index (χ1) is 13.3. The predicted molar refractivity (Wildman–Crippen MR) is 115 cm³/mol. The number of anilines is 1. The Morgan fingerprint density at radius 3 is 2.64 bits per heavy atom. The summed E-state index contributed by atoms with van der Waals surface area (Å²) in [5.74, 6) is 0.702. The second kappa shape index (κ2) is 8.36.